The predicted octanol–water partition coefficient (Wildman–Crippen LogP) is 4.94. The Hall–Kier alpha value is -3.96. The van der Waals surface area contributed by atoms with Crippen molar-refractivity contribution in [1.82, 2.24) is 39.5 Å². The molecule has 2 fully saturated rings. The normalized spacial score (nSPS) is 20.5. The molecule has 42 heavy (non-hydrogen) atoms. The van der Waals surface area contributed by atoms with Crippen LogP contribution >= 0.6 is 0 Å². The smallest absolute Gasteiger partial charge is 0.164 e. The van der Waals surface area contributed by atoms with Crippen LogP contribution in [0.15, 0.2) is 42.7 Å². The van der Waals surface area contributed by atoms with Crippen LogP contribution in [0.4, 0.5) is 14.6 Å². The molecule has 3 aromatic heterocycles. The van der Waals surface area contributed by atoms with Crippen molar-refractivity contribution in [1.29, 1.82) is 0 Å². The minimum absolute atomic E-state index is 0.00983. The van der Waals surface area contributed by atoms with Gasteiger partial charge < -0.3 is 15.6 Å². The third-order valence-electron chi connectivity index (χ3n) is 9.11. The van der Waals surface area contributed by atoms with Gasteiger partial charge in [-0.05, 0) is 56.5 Å². The first kappa shape index (κ1) is 26.9. The molecule has 7 rings (SSSR count). The van der Waals surface area contributed by atoms with Crippen LogP contribution in [0.25, 0.3) is 33.3 Å². The average Bonchev–Trinajstić information content (AvgIpc) is 3.61. The summed E-state index contributed by atoms with van der Waals surface area (Å²) in [4.78, 5) is 21.9. The molecule has 1 saturated carbocycles. The summed E-state index contributed by atoms with van der Waals surface area (Å²) in [6, 6.07) is 10.5. The molecule has 3 N–H and O–H groups in total. The second-order valence-corrected chi connectivity index (χ2v) is 11.5. The molecular formula is C31H35F2N9. The minimum Gasteiger partial charge on any atom is -0.383 e. The number of piperazine rings is 1. The van der Waals surface area contributed by atoms with E-state index >= 15 is 0 Å². The molecule has 5 aromatic rings. The maximum Gasteiger partial charge on any atom is 0.164 e. The Labute approximate surface area is 242 Å². The first-order valence-corrected chi connectivity index (χ1v) is 14.9. The van der Waals surface area contributed by atoms with E-state index in [0.29, 0.717) is 28.9 Å². The van der Waals surface area contributed by atoms with E-state index in [2.05, 4.69) is 41.3 Å². The summed E-state index contributed by atoms with van der Waals surface area (Å²) in [6.07, 6.45) is 5.87. The van der Waals surface area contributed by atoms with E-state index in [9.17, 15) is 8.78 Å². The molecule has 9 nitrogen and oxygen atoms in total. The number of hydrogen-bond acceptors (Lipinski definition) is 7. The summed E-state index contributed by atoms with van der Waals surface area (Å²) in [5.74, 6) is -0.299. The number of likely N-dealkylation sites (N-methyl/N-ethyl adjacent to an activating group) is 1. The number of hydrogen-bond donors (Lipinski definition) is 2. The Balaban J connectivity index is 1.16. The van der Waals surface area contributed by atoms with Gasteiger partial charge in [0.1, 0.15) is 35.3 Å². The summed E-state index contributed by atoms with van der Waals surface area (Å²) < 4.78 is 30.5. The fraction of sp³-hybridized carbons (Fsp3) is 0.419. The summed E-state index contributed by atoms with van der Waals surface area (Å²) in [7, 11) is 0. The maximum absolute atomic E-state index is 14.2. The molecule has 0 radical (unpaired) electrons. The van der Waals surface area contributed by atoms with Crippen LogP contribution in [0.5, 0.6) is 0 Å². The quantitative estimate of drug-likeness (QED) is 0.297. The Bertz CT molecular complexity index is 1710. The number of benzene rings is 2. The Morgan fingerprint density at radius 1 is 0.952 bits per heavy atom. The van der Waals surface area contributed by atoms with Gasteiger partial charge in [0.2, 0.25) is 0 Å². The summed E-state index contributed by atoms with van der Waals surface area (Å²) >= 11 is 0. The highest BCUT2D eigenvalue weighted by molar-refractivity contribution is 5.99. The van der Waals surface area contributed by atoms with Crippen molar-refractivity contribution in [3.63, 3.8) is 0 Å². The molecule has 0 unspecified atom stereocenters. The van der Waals surface area contributed by atoms with Gasteiger partial charge in [-0.25, -0.2) is 28.4 Å². The van der Waals surface area contributed by atoms with Crippen LogP contribution in [0.1, 0.15) is 50.0 Å². The summed E-state index contributed by atoms with van der Waals surface area (Å²) in [5, 5.41) is 5.82. The van der Waals surface area contributed by atoms with E-state index in [1.54, 1.807) is 0 Å². The molecule has 1 aliphatic heterocycles. The second-order valence-electron chi connectivity index (χ2n) is 11.5. The van der Waals surface area contributed by atoms with Crippen LogP contribution in [-0.2, 0) is 6.42 Å². The second kappa shape index (κ2) is 11.0. The summed E-state index contributed by atoms with van der Waals surface area (Å²) in [6.45, 7) is 7.97. The zero-order valence-corrected chi connectivity index (χ0v) is 23.7. The van der Waals surface area contributed by atoms with Gasteiger partial charge in [0.25, 0.3) is 0 Å². The highest BCUT2D eigenvalue weighted by Crippen LogP contribution is 2.37. The zero-order chi connectivity index (χ0) is 28.8. The van der Waals surface area contributed by atoms with Crippen molar-refractivity contribution in [2.24, 2.45) is 0 Å². The molecule has 1 aliphatic carbocycles. The monoisotopic (exact) mass is 571 g/mol. The van der Waals surface area contributed by atoms with Gasteiger partial charge in [-0.1, -0.05) is 19.1 Å². The highest BCUT2D eigenvalue weighted by Gasteiger charge is 2.31. The first-order valence-electron chi connectivity index (χ1n) is 14.9. The largest absolute Gasteiger partial charge is 0.383 e. The Morgan fingerprint density at radius 2 is 1.69 bits per heavy atom. The van der Waals surface area contributed by atoms with Crippen LogP contribution < -0.4 is 5.73 Å². The minimum atomic E-state index is -0.586. The van der Waals surface area contributed by atoms with E-state index in [0.717, 1.165) is 80.5 Å². The van der Waals surface area contributed by atoms with Gasteiger partial charge in [-0.15, -0.1) is 0 Å². The van der Waals surface area contributed by atoms with Gasteiger partial charge in [-0.3, -0.25) is 4.90 Å². The van der Waals surface area contributed by atoms with Gasteiger partial charge in [0.15, 0.2) is 5.65 Å². The number of nitrogens with one attached hydrogen (secondary N) is 1. The topological polar surface area (TPSA) is 105 Å². The van der Waals surface area contributed by atoms with Crippen molar-refractivity contribution < 1.29 is 8.78 Å². The maximum atomic E-state index is 14.2. The van der Waals surface area contributed by atoms with Gasteiger partial charge in [-0.2, -0.15) is 5.10 Å². The molecule has 2 aliphatic rings. The lowest BCUT2D eigenvalue weighted by molar-refractivity contribution is 0.0732. The standard InChI is InChI=1S/C31H35F2N9/c1-2-40-12-14-41(15-13-40)20-7-9-21(10-8-20)42-31-28(30(34)35-18-36-31)29(39-42)19-6-11-25-26(16-19)38-27(37-25)17-22-23(32)4-3-5-24(22)33/h3-6,11,16,18,20-21H,2,7-10,12-15,17H2,1H3,(H,37,38)(H2,34,35,36)/t20-,21+. The lowest BCUT2D eigenvalue weighted by Gasteiger charge is -2.41. The average molecular weight is 572 g/mol. The third-order valence-corrected chi connectivity index (χ3v) is 9.11. The number of nitrogens with zero attached hydrogens (tertiary/aromatic N) is 7. The van der Waals surface area contributed by atoms with Gasteiger partial charge in [0, 0.05) is 49.8 Å². The van der Waals surface area contributed by atoms with Gasteiger partial charge >= 0.3 is 0 Å². The van der Waals surface area contributed by atoms with Crippen LogP contribution in [0.3, 0.4) is 0 Å². The number of imidazole rings is 1. The number of fused-ring (bicyclic) bond motifs is 2. The van der Waals surface area contributed by atoms with E-state index in [-0.39, 0.29) is 18.0 Å². The lowest BCUT2D eigenvalue weighted by atomic mass is 9.90. The third kappa shape index (κ3) is 4.90. The fourth-order valence-corrected chi connectivity index (χ4v) is 6.72. The van der Waals surface area contributed by atoms with Crippen molar-refractivity contribution in [2.75, 3.05) is 38.5 Å². The number of aromatic nitrogens is 6. The van der Waals surface area contributed by atoms with Crippen LogP contribution in [-0.4, -0.2) is 78.3 Å². The van der Waals surface area contributed by atoms with E-state index in [1.807, 2.05) is 18.2 Å². The molecule has 4 heterocycles. The first-order chi connectivity index (χ1) is 20.5. The van der Waals surface area contributed by atoms with Gasteiger partial charge in [0.05, 0.1) is 22.5 Å². The highest BCUT2D eigenvalue weighted by atomic mass is 19.1. The number of H-pyrrole nitrogens is 1. The molecule has 2 aromatic carbocycles. The predicted molar refractivity (Wildman–Crippen MR) is 159 cm³/mol. The van der Waals surface area contributed by atoms with E-state index in [4.69, 9.17) is 10.8 Å². The summed E-state index contributed by atoms with van der Waals surface area (Å²) in [5.41, 5.74) is 10.1. The molecule has 1 saturated heterocycles. The van der Waals surface area contributed by atoms with E-state index < -0.39 is 11.6 Å². The number of halogens is 2. The molecule has 0 atom stereocenters. The number of aromatic amines is 1. The SMILES string of the molecule is CCN1CCN([C@H]2CC[C@@H](n3nc(-c4ccc5[nH]c(Cc6c(F)cccc6F)nc5c4)c4c(N)ncnc43)CC2)CC1. The van der Waals surface area contributed by atoms with Crippen molar-refractivity contribution >= 4 is 27.9 Å². The molecule has 0 amide bonds. The van der Waals surface area contributed by atoms with Crippen LogP contribution in [0.2, 0.25) is 0 Å². The molecule has 11 heteroatoms. The number of nitrogen functional groups attached to an aromatic ring is 1. The Kier molecular flexibility index (Phi) is 7.07. The molecule has 0 spiro atoms. The number of nitrogens with two attached hydrogens (primary N) is 1. The number of rotatable bonds is 6. The molecular weight excluding hydrogens is 536 g/mol. The molecule has 218 valence electrons. The van der Waals surface area contributed by atoms with Crippen molar-refractivity contribution in [3.05, 3.63) is 65.7 Å². The van der Waals surface area contributed by atoms with Crippen molar-refractivity contribution in [2.45, 2.75) is 51.1 Å². The lowest BCUT2D eigenvalue weighted by Crippen LogP contribution is -2.51. The van der Waals surface area contributed by atoms with E-state index in [1.165, 1.54) is 24.5 Å². The zero-order valence-electron chi connectivity index (χ0n) is 23.7. The molecule has 0 bridgehead atoms. The van der Waals surface area contributed by atoms with Crippen molar-refractivity contribution in [3.8, 4) is 11.3 Å². The van der Waals surface area contributed by atoms with Crippen LogP contribution in [0, 0.1) is 11.6 Å². The Morgan fingerprint density at radius 3 is 2.43 bits per heavy atom. The number of anilines is 1. The fourth-order valence-electron chi connectivity index (χ4n) is 6.72.